The monoisotopic (exact) mass is 603 g/mol. The molecule has 1 fully saturated rings. The quantitative estimate of drug-likeness (QED) is 0.307. The third-order valence-electron chi connectivity index (χ3n) is 7.82. The van der Waals surface area contributed by atoms with E-state index in [2.05, 4.69) is 23.3 Å². The number of likely N-dealkylation sites (N-methyl/N-ethyl adjacent to an activating group) is 1. The van der Waals surface area contributed by atoms with Crippen molar-refractivity contribution in [2.75, 3.05) is 54.6 Å². The van der Waals surface area contributed by atoms with E-state index in [0.717, 1.165) is 64.0 Å². The molecule has 10 heteroatoms. The van der Waals surface area contributed by atoms with Gasteiger partial charge < -0.3 is 33.7 Å². The summed E-state index contributed by atoms with van der Waals surface area (Å²) in [6, 6.07) is 13.4. The van der Waals surface area contributed by atoms with Gasteiger partial charge in [-0.05, 0) is 102 Å². The van der Waals surface area contributed by atoms with Crippen molar-refractivity contribution in [2.45, 2.75) is 24.8 Å². The Bertz CT molecular complexity index is 1530. The van der Waals surface area contributed by atoms with Gasteiger partial charge in [0.2, 0.25) is 5.91 Å². The Labute approximate surface area is 256 Å². The Morgan fingerprint density at radius 3 is 2.33 bits per heavy atom. The Morgan fingerprint density at radius 2 is 1.70 bits per heavy atom. The second kappa shape index (κ2) is 13.4. The second-order valence-electron chi connectivity index (χ2n) is 10.5. The van der Waals surface area contributed by atoms with Crippen LogP contribution in [0.1, 0.15) is 35.8 Å². The average Bonchev–Trinajstić information content (AvgIpc) is 3.63. The Morgan fingerprint density at radius 1 is 0.977 bits per heavy atom. The number of hydrogen-bond acceptors (Lipinski definition) is 8. The van der Waals surface area contributed by atoms with Gasteiger partial charge in [0, 0.05) is 26.2 Å². The van der Waals surface area contributed by atoms with Crippen LogP contribution in [-0.4, -0.2) is 75.5 Å². The molecule has 2 aliphatic rings. The summed E-state index contributed by atoms with van der Waals surface area (Å²) in [5.74, 6) is 2.44. The van der Waals surface area contributed by atoms with Gasteiger partial charge in [0.15, 0.2) is 0 Å². The SMILES string of the molecule is COc1ccc2c(c1)C(CC(=O)NCc1ccco1)=C(C)/C2=C/c1cc(OC)c(SC(=O)N2CCN(C)CC2)c(OC)c1. The molecule has 0 saturated carbocycles. The maximum atomic E-state index is 13.1. The highest BCUT2D eigenvalue weighted by Gasteiger charge is 2.27. The van der Waals surface area contributed by atoms with Crippen molar-refractivity contribution in [3.05, 3.63) is 76.8 Å². The fourth-order valence-corrected chi connectivity index (χ4v) is 6.30. The van der Waals surface area contributed by atoms with Crippen molar-refractivity contribution in [3.8, 4) is 17.2 Å². The van der Waals surface area contributed by atoms with Gasteiger partial charge >= 0.3 is 0 Å². The number of allylic oxidation sites excluding steroid dienone is 2. The Kier molecular flexibility index (Phi) is 9.47. The number of carbonyl (C=O) groups is 2. The van der Waals surface area contributed by atoms with Crippen LogP contribution in [0.4, 0.5) is 4.79 Å². The summed E-state index contributed by atoms with van der Waals surface area (Å²) >= 11 is 1.13. The van der Waals surface area contributed by atoms with E-state index in [1.807, 2.05) is 48.2 Å². The topological polar surface area (TPSA) is 93.5 Å². The Balaban J connectivity index is 1.45. The molecule has 1 N–H and O–H groups in total. The molecular weight excluding hydrogens is 566 g/mol. The van der Waals surface area contributed by atoms with Crippen molar-refractivity contribution in [3.63, 3.8) is 0 Å². The van der Waals surface area contributed by atoms with Gasteiger partial charge in [0.1, 0.15) is 27.9 Å². The number of ether oxygens (including phenoxy) is 3. The lowest BCUT2D eigenvalue weighted by atomic mass is 10.00. The van der Waals surface area contributed by atoms with E-state index in [-0.39, 0.29) is 17.6 Å². The standard InChI is InChI=1S/C33H37N3O6S/c1-21-26(25-9-8-23(39-3)18-28(25)27(21)19-31(37)34-20-24-7-6-14-42-24)15-22-16-29(40-4)32(30(17-22)41-5)43-33(38)36-12-10-35(2)11-13-36/h6-9,14-18H,10-13,19-20H2,1-5H3,(H,34,37)/b26-15-. The number of hydrogen-bond donors (Lipinski definition) is 1. The summed E-state index contributed by atoms with van der Waals surface area (Å²) in [6.07, 6.45) is 3.86. The lowest BCUT2D eigenvalue weighted by Crippen LogP contribution is -2.45. The van der Waals surface area contributed by atoms with Crippen LogP contribution in [0, 0.1) is 0 Å². The molecular formula is C33H37N3O6S. The van der Waals surface area contributed by atoms with Crippen LogP contribution in [-0.2, 0) is 11.3 Å². The van der Waals surface area contributed by atoms with Gasteiger partial charge in [-0.2, -0.15) is 0 Å². The second-order valence-corrected chi connectivity index (χ2v) is 11.5. The molecule has 5 rings (SSSR count). The van der Waals surface area contributed by atoms with Gasteiger partial charge in [-0.25, -0.2) is 0 Å². The minimum atomic E-state index is -0.101. The number of thioether (sulfide) groups is 1. The van der Waals surface area contributed by atoms with Crippen LogP contribution >= 0.6 is 11.8 Å². The third kappa shape index (κ3) is 6.76. The number of furan rings is 1. The number of nitrogens with one attached hydrogen (secondary N) is 1. The molecule has 9 nitrogen and oxygen atoms in total. The average molecular weight is 604 g/mol. The first-order chi connectivity index (χ1) is 20.8. The van der Waals surface area contributed by atoms with Crippen LogP contribution in [0.15, 0.2) is 63.6 Å². The maximum Gasteiger partial charge on any atom is 0.286 e. The summed E-state index contributed by atoms with van der Waals surface area (Å²) in [7, 11) is 6.88. The maximum absolute atomic E-state index is 13.1. The predicted octanol–water partition coefficient (Wildman–Crippen LogP) is 5.80. The van der Waals surface area contributed by atoms with Gasteiger partial charge in [-0.3, -0.25) is 9.59 Å². The number of piperazine rings is 1. The molecule has 43 heavy (non-hydrogen) atoms. The summed E-state index contributed by atoms with van der Waals surface area (Å²) in [5.41, 5.74) is 5.74. The van der Waals surface area contributed by atoms with Crippen LogP contribution in [0.5, 0.6) is 17.2 Å². The van der Waals surface area contributed by atoms with Crippen LogP contribution in [0.25, 0.3) is 17.2 Å². The zero-order chi connectivity index (χ0) is 30.5. The molecule has 1 aromatic heterocycles. The summed E-state index contributed by atoms with van der Waals surface area (Å²) in [4.78, 5) is 30.8. The zero-order valence-electron chi connectivity index (χ0n) is 25.2. The van der Waals surface area contributed by atoms with Crippen molar-refractivity contribution in [2.24, 2.45) is 0 Å². The summed E-state index contributed by atoms with van der Waals surface area (Å²) in [5, 5.41) is 2.92. The molecule has 1 aliphatic carbocycles. The van der Waals surface area contributed by atoms with Crippen molar-refractivity contribution < 1.29 is 28.2 Å². The largest absolute Gasteiger partial charge is 0.497 e. The highest BCUT2D eigenvalue weighted by molar-refractivity contribution is 8.13. The molecule has 1 aliphatic heterocycles. The summed E-state index contributed by atoms with van der Waals surface area (Å²) < 4.78 is 22.4. The molecule has 1 saturated heterocycles. The summed E-state index contributed by atoms with van der Waals surface area (Å²) in [6.45, 7) is 5.43. The number of carbonyl (C=O) groups excluding carboxylic acids is 2. The third-order valence-corrected chi connectivity index (χ3v) is 8.86. The molecule has 2 amide bonds. The fraction of sp³-hybridized carbons (Fsp3) is 0.333. The number of nitrogens with zero attached hydrogens (tertiary/aromatic N) is 2. The van der Waals surface area contributed by atoms with Crippen molar-refractivity contribution in [1.82, 2.24) is 15.1 Å². The molecule has 0 unspecified atom stereocenters. The van der Waals surface area contributed by atoms with Gasteiger partial charge in [-0.1, -0.05) is 6.07 Å². The number of benzene rings is 2. The highest BCUT2D eigenvalue weighted by atomic mass is 32.2. The molecule has 0 bridgehead atoms. The minimum Gasteiger partial charge on any atom is -0.497 e. The molecule has 0 spiro atoms. The van der Waals surface area contributed by atoms with E-state index in [9.17, 15) is 9.59 Å². The molecule has 226 valence electrons. The number of rotatable bonds is 9. The van der Waals surface area contributed by atoms with Crippen molar-refractivity contribution >= 4 is 40.1 Å². The van der Waals surface area contributed by atoms with Gasteiger partial charge in [0.05, 0.1) is 40.6 Å². The normalized spacial score (nSPS) is 15.9. The lowest BCUT2D eigenvalue weighted by molar-refractivity contribution is -0.120. The number of methoxy groups -OCH3 is 3. The minimum absolute atomic E-state index is 0.0248. The van der Waals surface area contributed by atoms with E-state index < -0.39 is 0 Å². The first-order valence-electron chi connectivity index (χ1n) is 14.1. The van der Waals surface area contributed by atoms with Crippen LogP contribution < -0.4 is 19.5 Å². The predicted molar refractivity (Wildman–Crippen MR) is 168 cm³/mol. The van der Waals surface area contributed by atoms with E-state index in [1.165, 1.54) is 0 Å². The first-order valence-corrected chi connectivity index (χ1v) is 14.9. The van der Waals surface area contributed by atoms with Gasteiger partial charge in [0.25, 0.3) is 5.24 Å². The van der Waals surface area contributed by atoms with Crippen molar-refractivity contribution in [1.29, 1.82) is 0 Å². The van der Waals surface area contributed by atoms with E-state index in [1.54, 1.807) is 33.7 Å². The Hall–Kier alpha value is -4.15. The lowest BCUT2D eigenvalue weighted by Gasteiger charge is -2.32. The van der Waals surface area contributed by atoms with Crippen LogP contribution in [0.3, 0.4) is 0 Å². The smallest absolute Gasteiger partial charge is 0.286 e. The van der Waals surface area contributed by atoms with E-state index >= 15 is 0 Å². The highest BCUT2D eigenvalue weighted by Crippen LogP contribution is 2.46. The van der Waals surface area contributed by atoms with E-state index in [0.29, 0.717) is 41.8 Å². The van der Waals surface area contributed by atoms with Gasteiger partial charge in [-0.15, -0.1) is 0 Å². The number of amides is 2. The molecule has 2 heterocycles. The molecule has 0 atom stereocenters. The molecule has 2 aromatic carbocycles. The molecule has 3 aromatic rings. The number of fused-ring (bicyclic) bond motifs is 1. The van der Waals surface area contributed by atoms with E-state index in [4.69, 9.17) is 18.6 Å². The van der Waals surface area contributed by atoms with Crippen LogP contribution in [0.2, 0.25) is 0 Å². The fourth-order valence-electron chi connectivity index (χ4n) is 5.33. The molecule has 0 radical (unpaired) electrons. The first kappa shape index (κ1) is 30.3. The zero-order valence-corrected chi connectivity index (χ0v) is 26.0.